The molecule has 3 aliphatic heterocycles. The van der Waals surface area contributed by atoms with Gasteiger partial charge in [0.15, 0.2) is 0 Å². The van der Waals surface area contributed by atoms with Crippen LogP contribution in [0.15, 0.2) is 35.2 Å². The summed E-state index contributed by atoms with van der Waals surface area (Å²) in [5.74, 6) is 0. The molecule has 4 atom stereocenters. The molecule has 3 unspecified atom stereocenters. The van der Waals surface area contributed by atoms with Gasteiger partial charge >= 0.3 is 0 Å². The number of rotatable bonds is 2. The molecular weight excluding hydrogens is 350 g/mol. The van der Waals surface area contributed by atoms with Gasteiger partial charge in [0, 0.05) is 19.5 Å². The molecule has 1 fully saturated rings. The second-order valence-electron chi connectivity index (χ2n) is 7.31. The molecule has 0 saturated carbocycles. The highest BCUT2D eigenvalue weighted by Gasteiger charge is 2.52. The smallest absolute Gasteiger partial charge is 0.135 e. The highest BCUT2D eigenvalue weighted by Crippen LogP contribution is 2.34. The zero-order valence-corrected chi connectivity index (χ0v) is 16.3. The summed E-state index contributed by atoms with van der Waals surface area (Å²) in [6, 6.07) is 2.06. The molecule has 3 nitrogen and oxygen atoms in total. The van der Waals surface area contributed by atoms with Crippen molar-refractivity contribution >= 4 is 0 Å². The van der Waals surface area contributed by atoms with E-state index in [-0.39, 0.29) is 17.0 Å². The fourth-order valence-corrected chi connectivity index (χ4v) is 5.34. The molecule has 1 N–H and O–H groups in total. The van der Waals surface area contributed by atoms with E-state index in [1.165, 1.54) is 45.4 Å². The monoisotopic (exact) mass is 379 g/mol. The largest absolute Gasteiger partial charge is 1.00 e. The normalized spacial score (nSPS) is 36.9. The molecule has 0 radical (unpaired) electrons. The first-order valence-corrected chi connectivity index (χ1v) is 9.16. The summed E-state index contributed by atoms with van der Waals surface area (Å²) in [4.78, 5) is 7.13. The van der Waals surface area contributed by atoms with Crippen LogP contribution in [0.1, 0.15) is 40.0 Å². The SMILES string of the molecule is CCN1CCN(CC)C2C1C(C)=C[NH+]1C3=C(CCC=C3)C[C@H]21.[Br-]. The van der Waals surface area contributed by atoms with Gasteiger partial charge < -0.3 is 17.0 Å². The Morgan fingerprint density at radius 3 is 2.65 bits per heavy atom. The fourth-order valence-electron chi connectivity index (χ4n) is 5.34. The van der Waals surface area contributed by atoms with Crippen LogP contribution in [0.3, 0.4) is 0 Å². The van der Waals surface area contributed by atoms with E-state index in [2.05, 4.69) is 48.9 Å². The van der Waals surface area contributed by atoms with Crippen molar-refractivity contribution in [3.63, 3.8) is 0 Å². The van der Waals surface area contributed by atoms with Crippen LogP contribution in [0.25, 0.3) is 0 Å². The molecule has 128 valence electrons. The maximum absolute atomic E-state index is 2.76. The number of hydrogen-bond acceptors (Lipinski definition) is 2. The second kappa shape index (κ2) is 6.83. The number of likely N-dealkylation sites (N-methyl/N-ethyl adjacent to an activating group) is 2. The van der Waals surface area contributed by atoms with Crippen molar-refractivity contribution in [1.82, 2.24) is 9.80 Å². The number of halogens is 1. The quantitative estimate of drug-likeness (QED) is 0.630. The number of nitrogens with one attached hydrogen (secondary N) is 1. The summed E-state index contributed by atoms with van der Waals surface area (Å²) in [5, 5.41) is 0. The minimum absolute atomic E-state index is 0. The van der Waals surface area contributed by atoms with Gasteiger partial charge in [-0.15, -0.1) is 0 Å². The molecule has 1 saturated heterocycles. The average Bonchev–Trinajstić information content (AvgIpc) is 2.92. The molecule has 0 bridgehead atoms. The molecule has 4 heteroatoms. The molecule has 0 aromatic rings. The first-order valence-electron chi connectivity index (χ1n) is 9.16. The van der Waals surface area contributed by atoms with E-state index in [1.807, 2.05) is 0 Å². The lowest BCUT2D eigenvalue weighted by atomic mass is 9.84. The summed E-state index contributed by atoms with van der Waals surface area (Å²) >= 11 is 0. The number of quaternary nitrogens is 1. The number of piperazine rings is 1. The maximum Gasteiger partial charge on any atom is 0.135 e. The van der Waals surface area contributed by atoms with Crippen LogP contribution in [0, 0.1) is 0 Å². The Morgan fingerprint density at radius 2 is 1.91 bits per heavy atom. The molecular formula is C19H30BrN3. The van der Waals surface area contributed by atoms with Gasteiger partial charge in [-0.3, -0.25) is 14.7 Å². The lowest BCUT2D eigenvalue weighted by Crippen LogP contribution is -3.12. The molecule has 0 aromatic heterocycles. The topological polar surface area (TPSA) is 10.9 Å². The first kappa shape index (κ1) is 17.4. The fraction of sp³-hybridized carbons (Fsp3) is 0.684. The highest BCUT2D eigenvalue weighted by atomic mass is 79.9. The summed E-state index contributed by atoms with van der Waals surface area (Å²) in [7, 11) is 0. The second-order valence-corrected chi connectivity index (χ2v) is 7.31. The first-order chi connectivity index (χ1) is 10.7. The summed E-state index contributed by atoms with van der Waals surface area (Å²) in [6.07, 6.45) is 11.2. The zero-order valence-electron chi connectivity index (χ0n) is 14.7. The van der Waals surface area contributed by atoms with Crippen LogP contribution < -0.4 is 21.9 Å². The Balaban J connectivity index is 0.00000156. The van der Waals surface area contributed by atoms with Crippen LogP contribution in [-0.4, -0.2) is 54.1 Å². The van der Waals surface area contributed by atoms with Crippen molar-refractivity contribution in [2.45, 2.75) is 58.2 Å². The number of hydrogen-bond donors (Lipinski definition) is 1. The third-order valence-corrected chi connectivity index (χ3v) is 6.34. The van der Waals surface area contributed by atoms with E-state index in [0.29, 0.717) is 12.1 Å². The Hall–Kier alpha value is -0.420. The molecule has 4 aliphatic rings. The van der Waals surface area contributed by atoms with Gasteiger partial charge in [0.1, 0.15) is 17.9 Å². The molecule has 0 amide bonds. The molecule has 1 aliphatic carbocycles. The lowest BCUT2D eigenvalue weighted by molar-refractivity contribution is -0.831. The van der Waals surface area contributed by atoms with E-state index >= 15 is 0 Å². The zero-order chi connectivity index (χ0) is 15.3. The van der Waals surface area contributed by atoms with Crippen molar-refractivity contribution < 1.29 is 21.9 Å². The van der Waals surface area contributed by atoms with E-state index in [9.17, 15) is 0 Å². The minimum atomic E-state index is 0. The van der Waals surface area contributed by atoms with E-state index in [0.717, 1.165) is 6.04 Å². The maximum atomic E-state index is 2.76. The van der Waals surface area contributed by atoms with E-state index in [1.54, 1.807) is 21.7 Å². The van der Waals surface area contributed by atoms with Gasteiger partial charge in [0.2, 0.25) is 0 Å². The van der Waals surface area contributed by atoms with Crippen LogP contribution in [0.4, 0.5) is 0 Å². The van der Waals surface area contributed by atoms with Crippen molar-refractivity contribution in [3.05, 3.63) is 35.2 Å². The highest BCUT2D eigenvalue weighted by molar-refractivity contribution is 5.31. The van der Waals surface area contributed by atoms with Gasteiger partial charge in [-0.2, -0.15) is 0 Å². The Kier molecular flexibility index (Phi) is 5.17. The predicted molar refractivity (Wildman–Crippen MR) is 90.6 cm³/mol. The van der Waals surface area contributed by atoms with Crippen molar-refractivity contribution in [2.75, 3.05) is 26.2 Å². The van der Waals surface area contributed by atoms with Gasteiger partial charge in [0.05, 0.1) is 12.1 Å². The van der Waals surface area contributed by atoms with Gasteiger partial charge in [-0.05, 0) is 50.1 Å². The number of nitrogens with zero attached hydrogens (tertiary/aromatic N) is 2. The van der Waals surface area contributed by atoms with Crippen molar-refractivity contribution in [3.8, 4) is 0 Å². The van der Waals surface area contributed by atoms with Gasteiger partial charge in [0.25, 0.3) is 0 Å². The standard InChI is InChI=1S/C19H29N3.BrH/c1-4-20-10-11-21(5-2)19-17-12-15-8-6-7-9-16(15)22(17)13-14(3)18(19)20;/h7,9,13,17-19H,4-6,8,10-12H2,1-3H3;1H/t17-,18?,19?;/m1./s1. The van der Waals surface area contributed by atoms with Crippen LogP contribution in [0.5, 0.6) is 0 Å². The Bertz CT molecular complexity index is 551. The Morgan fingerprint density at radius 1 is 1.17 bits per heavy atom. The van der Waals surface area contributed by atoms with E-state index in [4.69, 9.17) is 0 Å². The molecule has 4 rings (SSSR count). The molecule has 23 heavy (non-hydrogen) atoms. The third kappa shape index (κ3) is 2.68. The minimum Gasteiger partial charge on any atom is -1.00 e. The Labute approximate surface area is 151 Å². The van der Waals surface area contributed by atoms with Gasteiger partial charge in [-0.25, -0.2) is 0 Å². The van der Waals surface area contributed by atoms with Crippen molar-refractivity contribution in [2.24, 2.45) is 0 Å². The van der Waals surface area contributed by atoms with Gasteiger partial charge in [-0.1, -0.05) is 19.9 Å². The lowest BCUT2D eigenvalue weighted by Gasteiger charge is -2.51. The average molecular weight is 380 g/mol. The molecule has 0 aromatic carbocycles. The summed E-state index contributed by atoms with van der Waals surface area (Å²) in [6.45, 7) is 11.9. The number of fused-ring (bicyclic) bond motifs is 4. The molecule has 3 heterocycles. The van der Waals surface area contributed by atoms with E-state index < -0.39 is 0 Å². The summed E-state index contributed by atoms with van der Waals surface area (Å²) < 4.78 is 0. The predicted octanol–water partition coefficient (Wildman–Crippen LogP) is -1.44. The molecule has 0 spiro atoms. The summed E-state index contributed by atoms with van der Waals surface area (Å²) in [5.41, 5.74) is 4.92. The third-order valence-electron chi connectivity index (χ3n) is 6.34. The van der Waals surface area contributed by atoms with Crippen LogP contribution >= 0.6 is 0 Å². The van der Waals surface area contributed by atoms with Crippen LogP contribution in [-0.2, 0) is 0 Å². The van der Waals surface area contributed by atoms with Crippen LogP contribution in [0.2, 0.25) is 0 Å². The number of allylic oxidation sites excluding steroid dienone is 2. The van der Waals surface area contributed by atoms with Crippen molar-refractivity contribution in [1.29, 1.82) is 0 Å².